The Bertz CT molecular complexity index is 1100. The van der Waals surface area contributed by atoms with Crippen LogP contribution in [0.3, 0.4) is 0 Å². The lowest BCUT2D eigenvalue weighted by molar-refractivity contribution is 0.102. The van der Waals surface area contributed by atoms with Crippen molar-refractivity contribution in [1.82, 2.24) is 9.38 Å². The summed E-state index contributed by atoms with van der Waals surface area (Å²) in [5, 5.41) is 3.09. The summed E-state index contributed by atoms with van der Waals surface area (Å²) in [6.07, 6.45) is 0. The van der Waals surface area contributed by atoms with Gasteiger partial charge in [-0.05, 0) is 53.8 Å². The molecular weight excluding hydrogens is 437 g/mol. The van der Waals surface area contributed by atoms with E-state index in [4.69, 9.17) is 4.98 Å². The van der Waals surface area contributed by atoms with E-state index in [0.29, 0.717) is 11.4 Å². The molecule has 0 spiro atoms. The Balaban J connectivity index is 1.88. The number of anilines is 1. The molecule has 2 aromatic heterocycles. The Morgan fingerprint density at radius 1 is 0.962 bits per heavy atom. The van der Waals surface area contributed by atoms with Crippen molar-refractivity contribution in [3.8, 4) is 11.3 Å². The number of nitrogens with one attached hydrogen (secondary N) is 1. The first-order valence-corrected chi connectivity index (χ1v) is 9.32. The lowest BCUT2D eigenvalue weighted by Crippen LogP contribution is -2.15. The zero-order valence-corrected chi connectivity index (χ0v) is 16.3. The van der Waals surface area contributed by atoms with Gasteiger partial charge in [-0.2, -0.15) is 0 Å². The van der Waals surface area contributed by atoms with Crippen LogP contribution < -0.4 is 5.32 Å². The largest absolute Gasteiger partial charge is 0.306 e. The minimum atomic E-state index is -0.141. The Morgan fingerprint density at radius 3 is 2.46 bits per heavy atom. The fourth-order valence-electron chi connectivity index (χ4n) is 2.99. The van der Waals surface area contributed by atoms with E-state index in [-0.39, 0.29) is 5.91 Å². The van der Waals surface area contributed by atoms with Gasteiger partial charge < -0.3 is 5.32 Å². The molecule has 0 aliphatic carbocycles. The minimum Gasteiger partial charge on any atom is -0.306 e. The normalized spacial score (nSPS) is 10.8. The van der Waals surface area contributed by atoms with E-state index < -0.39 is 0 Å². The van der Waals surface area contributed by atoms with E-state index in [9.17, 15) is 4.79 Å². The average molecular weight is 453 g/mol. The molecule has 128 valence electrons. The van der Waals surface area contributed by atoms with Crippen molar-refractivity contribution in [3.05, 3.63) is 87.6 Å². The van der Waals surface area contributed by atoms with Crippen molar-refractivity contribution in [1.29, 1.82) is 0 Å². The van der Waals surface area contributed by atoms with Crippen LogP contribution in [0.5, 0.6) is 0 Å². The number of benzene rings is 2. The van der Waals surface area contributed by atoms with Crippen LogP contribution in [0.1, 0.15) is 16.1 Å². The summed E-state index contributed by atoms with van der Waals surface area (Å²) in [6.45, 7) is 2.01. The Morgan fingerprint density at radius 2 is 1.69 bits per heavy atom. The van der Waals surface area contributed by atoms with Gasteiger partial charge in [0.05, 0.1) is 5.56 Å². The number of carbonyl (C=O) groups excluding carboxylic acids is 1. The zero-order chi connectivity index (χ0) is 18.1. The second kappa shape index (κ2) is 6.92. The summed E-state index contributed by atoms with van der Waals surface area (Å²) in [5.41, 5.74) is 4.20. The van der Waals surface area contributed by atoms with E-state index in [1.54, 1.807) is 0 Å². The fourth-order valence-corrected chi connectivity index (χ4v) is 3.62. The molecule has 0 saturated heterocycles. The highest BCUT2D eigenvalue weighted by molar-refractivity contribution is 14.1. The first-order valence-electron chi connectivity index (χ1n) is 8.24. The number of imidazole rings is 1. The van der Waals surface area contributed by atoms with E-state index in [1.165, 1.54) is 0 Å². The highest BCUT2D eigenvalue weighted by Gasteiger charge is 2.19. The monoisotopic (exact) mass is 453 g/mol. The van der Waals surface area contributed by atoms with Gasteiger partial charge in [0, 0.05) is 14.8 Å². The predicted molar refractivity (Wildman–Crippen MR) is 112 cm³/mol. The van der Waals surface area contributed by atoms with Crippen molar-refractivity contribution < 1.29 is 4.79 Å². The maximum absolute atomic E-state index is 12.9. The van der Waals surface area contributed by atoms with Crippen molar-refractivity contribution in [2.75, 3.05) is 5.32 Å². The Kier molecular flexibility index (Phi) is 4.46. The van der Waals surface area contributed by atoms with E-state index >= 15 is 0 Å². The van der Waals surface area contributed by atoms with Crippen LogP contribution >= 0.6 is 22.6 Å². The van der Waals surface area contributed by atoms with Gasteiger partial charge in [-0.15, -0.1) is 0 Å². The third-order valence-corrected chi connectivity index (χ3v) is 5.18. The predicted octanol–water partition coefficient (Wildman–Crippen LogP) is 5.17. The summed E-state index contributed by atoms with van der Waals surface area (Å²) < 4.78 is 2.89. The number of fused-ring (bicyclic) bond motifs is 1. The van der Waals surface area contributed by atoms with Gasteiger partial charge in [0.25, 0.3) is 5.91 Å². The molecule has 4 nitrogen and oxygen atoms in total. The molecule has 5 heteroatoms. The second-order valence-electron chi connectivity index (χ2n) is 5.97. The molecule has 4 aromatic rings. The second-order valence-corrected chi connectivity index (χ2v) is 7.13. The minimum absolute atomic E-state index is 0.141. The number of rotatable bonds is 3. The maximum atomic E-state index is 12.9. The van der Waals surface area contributed by atoms with Crippen LogP contribution in [0, 0.1) is 10.5 Å². The van der Waals surface area contributed by atoms with E-state index in [2.05, 4.69) is 27.9 Å². The zero-order valence-electron chi connectivity index (χ0n) is 14.1. The number of halogens is 1. The highest BCUT2D eigenvalue weighted by atomic mass is 127. The van der Waals surface area contributed by atoms with E-state index in [1.807, 2.05) is 84.1 Å². The van der Waals surface area contributed by atoms with Crippen molar-refractivity contribution in [2.24, 2.45) is 0 Å². The molecule has 0 unspecified atom stereocenters. The van der Waals surface area contributed by atoms with Crippen LogP contribution in [0.15, 0.2) is 72.8 Å². The standard InChI is InChI=1S/C21H16IN3O/c1-14-8-7-13-18-23-19(15-9-3-2-4-10-15)20(25(14)18)24-21(26)16-11-5-6-12-17(16)22/h2-13H,1H3,(H,24,26). The van der Waals surface area contributed by atoms with Crippen LogP contribution in [-0.2, 0) is 0 Å². The summed E-state index contributed by atoms with van der Waals surface area (Å²) >= 11 is 2.18. The van der Waals surface area contributed by atoms with Gasteiger partial charge in [0.2, 0.25) is 0 Å². The molecule has 0 aliphatic rings. The molecule has 1 N–H and O–H groups in total. The van der Waals surface area contributed by atoms with Crippen molar-refractivity contribution in [3.63, 3.8) is 0 Å². The third-order valence-electron chi connectivity index (χ3n) is 4.24. The number of aromatic nitrogens is 2. The molecule has 26 heavy (non-hydrogen) atoms. The highest BCUT2D eigenvalue weighted by Crippen LogP contribution is 2.30. The van der Waals surface area contributed by atoms with Gasteiger partial charge in [0.15, 0.2) is 0 Å². The molecule has 2 heterocycles. The molecule has 0 fully saturated rings. The molecule has 1 amide bonds. The summed E-state index contributed by atoms with van der Waals surface area (Å²) in [4.78, 5) is 17.7. The number of pyridine rings is 1. The van der Waals surface area contributed by atoms with Crippen molar-refractivity contribution >= 4 is 40.0 Å². The number of amides is 1. The van der Waals surface area contributed by atoms with Crippen LogP contribution in [-0.4, -0.2) is 15.3 Å². The van der Waals surface area contributed by atoms with Crippen LogP contribution in [0.2, 0.25) is 0 Å². The van der Waals surface area contributed by atoms with Gasteiger partial charge in [0.1, 0.15) is 17.2 Å². The average Bonchev–Trinajstić information content (AvgIpc) is 3.02. The molecule has 4 rings (SSSR count). The fraction of sp³-hybridized carbons (Fsp3) is 0.0476. The Hall–Kier alpha value is -2.67. The summed E-state index contributed by atoms with van der Waals surface area (Å²) in [7, 11) is 0. The molecule has 0 atom stereocenters. The molecule has 2 aromatic carbocycles. The maximum Gasteiger partial charge on any atom is 0.257 e. The first-order chi connectivity index (χ1) is 12.6. The molecule has 0 bridgehead atoms. The number of aryl methyl sites for hydroxylation is 1. The van der Waals surface area contributed by atoms with Crippen molar-refractivity contribution in [2.45, 2.75) is 6.92 Å². The van der Waals surface area contributed by atoms with E-state index in [0.717, 1.165) is 26.2 Å². The molecule has 0 aliphatic heterocycles. The third kappa shape index (κ3) is 2.99. The van der Waals surface area contributed by atoms with Gasteiger partial charge in [-0.1, -0.05) is 48.5 Å². The topological polar surface area (TPSA) is 46.4 Å². The lowest BCUT2D eigenvalue weighted by Gasteiger charge is -2.10. The summed E-state index contributed by atoms with van der Waals surface area (Å²) in [6, 6.07) is 23.4. The molecule has 0 saturated carbocycles. The molecule has 0 radical (unpaired) electrons. The Labute approximate surface area is 165 Å². The van der Waals surface area contributed by atoms with Gasteiger partial charge in [-0.3, -0.25) is 9.20 Å². The number of hydrogen-bond donors (Lipinski definition) is 1. The smallest absolute Gasteiger partial charge is 0.257 e. The summed E-state index contributed by atoms with van der Waals surface area (Å²) in [5.74, 6) is 0.547. The number of hydrogen-bond acceptors (Lipinski definition) is 2. The molecular formula is C21H16IN3O. The number of carbonyl (C=O) groups is 1. The lowest BCUT2D eigenvalue weighted by atomic mass is 10.1. The first kappa shape index (κ1) is 16.8. The van der Waals surface area contributed by atoms with Gasteiger partial charge in [-0.25, -0.2) is 4.98 Å². The quantitative estimate of drug-likeness (QED) is 0.436. The SMILES string of the molecule is Cc1cccc2nc(-c3ccccc3)c(NC(=O)c3ccccc3I)n12. The van der Waals surface area contributed by atoms with Crippen LogP contribution in [0.25, 0.3) is 16.9 Å². The number of nitrogens with zero attached hydrogens (tertiary/aromatic N) is 2. The van der Waals surface area contributed by atoms with Gasteiger partial charge >= 0.3 is 0 Å². The van der Waals surface area contributed by atoms with Crippen LogP contribution in [0.4, 0.5) is 5.82 Å².